The Labute approximate surface area is 317 Å². The molecule has 3 aromatic carbocycles. The zero-order chi connectivity index (χ0) is 39.5. The highest BCUT2D eigenvalue weighted by molar-refractivity contribution is 6.30. The van der Waals surface area contributed by atoms with E-state index in [-0.39, 0.29) is 38.5 Å². The number of methoxy groups -OCH3 is 4. The topological polar surface area (TPSA) is 192 Å². The first-order chi connectivity index (χ1) is 25.9. The normalized spacial score (nSPS) is 15.6. The molecule has 1 heterocycles. The average molecular weight is 770 g/mol. The van der Waals surface area contributed by atoms with Gasteiger partial charge >= 0.3 is 12.0 Å². The van der Waals surface area contributed by atoms with Gasteiger partial charge in [0.1, 0.15) is 35.2 Å². The number of carbonyl (C=O) groups is 3. The lowest BCUT2D eigenvalue weighted by Gasteiger charge is -2.27. The van der Waals surface area contributed by atoms with Crippen molar-refractivity contribution in [2.45, 2.75) is 45.7 Å². The van der Waals surface area contributed by atoms with Gasteiger partial charge in [0, 0.05) is 29.8 Å². The fourth-order valence-corrected chi connectivity index (χ4v) is 6.42. The number of nitro benzene ring substituents is 1. The van der Waals surface area contributed by atoms with Crippen molar-refractivity contribution in [1.82, 2.24) is 15.1 Å². The average Bonchev–Trinajstić information content (AvgIpc) is 3.28. The highest BCUT2D eigenvalue weighted by atomic mass is 35.5. The van der Waals surface area contributed by atoms with Crippen LogP contribution in [-0.4, -0.2) is 91.7 Å². The Bertz CT molecular complexity index is 1860. The maximum absolute atomic E-state index is 14.6. The van der Waals surface area contributed by atoms with Crippen LogP contribution in [-0.2, 0) is 22.6 Å². The molecule has 54 heavy (non-hydrogen) atoms. The number of urea groups is 1. The van der Waals surface area contributed by atoms with Crippen LogP contribution in [0.5, 0.6) is 23.0 Å². The summed E-state index contributed by atoms with van der Waals surface area (Å²) in [6.07, 6.45) is 0.980. The van der Waals surface area contributed by atoms with Gasteiger partial charge < -0.3 is 39.1 Å². The number of hydrogen-bond donors (Lipinski definition) is 2. The standard InChI is InChI=1S/C37H44ClN5O11/c1-7-9-29(22-10-12-27(36(45)46)30(16-22)43(48)49)39-37(47)42-21-34(40-54-8-2)41(20-28-32(52-5)17-26(50-3)18-33(28)53-6)19-24(35(42)44)14-23-15-25(38)11-13-31(23)51-4/h10-13,15-18,24,29H,7-9,14,19-21H2,1-6H3,(H,39,47)(H,45,46)/t24-,29-/m1/s1. The Morgan fingerprint density at radius 3 is 2.28 bits per heavy atom. The van der Waals surface area contributed by atoms with Crippen LogP contribution in [0.4, 0.5) is 10.5 Å². The van der Waals surface area contributed by atoms with Crippen molar-refractivity contribution in [3.8, 4) is 23.0 Å². The van der Waals surface area contributed by atoms with Crippen LogP contribution in [0.15, 0.2) is 53.7 Å². The van der Waals surface area contributed by atoms with E-state index in [1.165, 1.54) is 34.5 Å². The summed E-state index contributed by atoms with van der Waals surface area (Å²) in [5, 5.41) is 28.9. The summed E-state index contributed by atoms with van der Waals surface area (Å²) >= 11 is 6.38. The number of carboxylic acid groups (broad SMARTS) is 1. The molecule has 0 unspecified atom stereocenters. The number of nitro groups is 1. The lowest BCUT2D eigenvalue weighted by molar-refractivity contribution is -0.385. The van der Waals surface area contributed by atoms with Crippen molar-refractivity contribution >= 4 is 41.0 Å². The molecule has 1 aliphatic rings. The van der Waals surface area contributed by atoms with Gasteiger partial charge in [-0.25, -0.2) is 9.59 Å². The number of halogens is 1. The minimum Gasteiger partial charge on any atom is -0.496 e. The molecule has 0 aliphatic carbocycles. The molecule has 0 bridgehead atoms. The maximum Gasteiger partial charge on any atom is 0.342 e. The van der Waals surface area contributed by atoms with Gasteiger partial charge in [-0.3, -0.25) is 19.8 Å². The third-order valence-corrected chi connectivity index (χ3v) is 9.10. The zero-order valence-electron chi connectivity index (χ0n) is 30.9. The van der Waals surface area contributed by atoms with E-state index in [4.69, 9.17) is 35.4 Å². The minimum atomic E-state index is -1.46. The molecular weight excluding hydrogens is 726 g/mol. The number of imide groups is 1. The van der Waals surface area contributed by atoms with Crippen molar-refractivity contribution < 1.29 is 48.2 Å². The van der Waals surface area contributed by atoms with Gasteiger partial charge in [0.25, 0.3) is 5.69 Å². The number of nitrogens with zero attached hydrogens (tertiary/aromatic N) is 4. The summed E-state index contributed by atoms with van der Waals surface area (Å²) in [5.74, 6) is -0.733. The molecule has 1 fully saturated rings. The number of ether oxygens (including phenoxy) is 4. The van der Waals surface area contributed by atoms with Crippen molar-refractivity contribution in [3.63, 3.8) is 0 Å². The van der Waals surface area contributed by atoms with Crippen molar-refractivity contribution in [3.05, 3.63) is 85.9 Å². The molecule has 1 saturated heterocycles. The number of carbonyl (C=O) groups excluding carboxylic acids is 2. The van der Waals surface area contributed by atoms with E-state index in [0.717, 1.165) is 17.0 Å². The first-order valence-corrected chi connectivity index (χ1v) is 17.5. The summed E-state index contributed by atoms with van der Waals surface area (Å²) in [6.45, 7) is 3.66. The van der Waals surface area contributed by atoms with E-state index in [9.17, 15) is 29.6 Å². The number of oxime groups is 1. The van der Waals surface area contributed by atoms with Gasteiger partial charge in [-0.15, -0.1) is 0 Å². The van der Waals surface area contributed by atoms with Crippen molar-refractivity contribution in [2.24, 2.45) is 11.1 Å². The first kappa shape index (κ1) is 41.0. The maximum atomic E-state index is 14.6. The molecule has 0 radical (unpaired) electrons. The van der Waals surface area contributed by atoms with Crippen LogP contribution < -0.4 is 24.3 Å². The highest BCUT2D eigenvalue weighted by Crippen LogP contribution is 2.36. The number of aromatic carboxylic acids is 1. The van der Waals surface area contributed by atoms with Gasteiger partial charge in [0.2, 0.25) is 5.91 Å². The van der Waals surface area contributed by atoms with Crippen LogP contribution in [0.3, 0.4) is 0 Å². The van der Waals surface area contributed by atoms with E-state index < -0.39 is 46.0 Å². The second-order valence-corrected chi connectivity index (χ2v) is 12.7. The third kappa shape index (κ3) is 9.60. The van der Waals surface area contributed by atoms with E-state index in [1.807, 2.05) is 11.8 Å². The summed E-state index contributed by atoms with van der Waals surface area (Å²) < 4.78 is 22.4. The molecule has 3 amide bonds. The number of nitrogens with one attached hydrogen (secondary N) is 1. The van der Waals surface area contributed by atoms with E-state index in [1.54, 1.807) is 37.3 Å². The second kappa shape index (κ2) is 18.8. The lowest BCUT2D eigenvalue weighted by atomic mass is 9.96. The molecule has 290 valence electrons. The van der Waals surface area contributed by atoms with Crippen LogP contribution >= 0.6 is 11.6 Å². The Morgan fingerprint density at radius 2 is 1.70 bits per heavy atom. The van der Waals surface area contributed by atoms with Gasteiger partial charge in [0.15, 0.2) is 5.84 Å². The fraction of sp³-hybridized carbons (Fsp3) is 0.405. The number of amides is 3. The van der Waals surface area contributed by atoms with Crippen LogP contribution in [0, 0.1) is 16.0 Å². The van der Waals surface area contributed by atoms with Gasteiger partial charge in [-0.2, -0.15) is 0 Å². The fourth-order valence-electron chi connectivity index (χ4n) is 6.23. The number of hydrogen-bond acceptors (Lipinski definition) is 11. The van der Waals surface area contributed by atoms with Gasteiger partial charge in [-0.1, -0.05) is 36.2 Å². The molecule has 1 aliphatic heterocycles. The molecule has 0 spiro atoms. The van der Waals surface area contributed by atoms with Crippen LogP contribution in [0.2, 0.25) is 5.02 Å². The third-order valence-electron chi connectivity index (χ3n) is 8.87. The highest BCUT2D eigenvalue weighted by Gasteiger charge is 2.39. The van der Waals surface area contributed by atoms with Gasteiger partial charge in [0.05, 0.1) is 64.0 Å². The smallest absolute Gasteiger partial charge is 0.342 e. The first-order valence-electron chi connectivity index (χ1n) is 17.1. The quantitative estimate of drug-likeness (QED) is 0.126. The molecule has 2 N–H and O–H groups in total. The number of carboxylic acids is 1. The van der Waals surface area contributed by atoms with Crippen molar-refractivity contribution in [2.75, 3.05) is 48.1 Å². The van der Waals surface area contributed by atoms with E-state index in [2.05, 4.69) is 10.5 Å². The summed E-state index contributed by atoms with van der Waals surface area (Å²) in [6, 6.07) is 10.5. The number of benzene rings is 3. The molecule has 2 atom stereocenters. The Kier molecular flexibility index (Phi) is 14.3. The predicted octanol–water partition coefficient (Wildman–Crippen LogP) is 6.08. The van der Waals surface area contributed by atoms with Crippen LogP contribution in [0.1, 0.15) is 59.8 Å². The summed E-state index contributed by atoms with van der Waals surface area (Å²) in [4.78, 5) is 59.9. The Hall–Kier alpha value is -5.77. The zero-order valence-corrected chi connectivity index (χ0v) is 31.7. The van der Waals surface area contributed by atoms with E-state index in [0.29, 0.717) is 57.6 Å². The largest absolute Gasteiger partial charge is 0.496 e. The molecule has 17 heteroatoms. The second-order valence-electron chi connectivity index (χ2n) is 12.2. The molecular formula is C37H44ClN5O11. The molecule has 16 nitrogen and oxygen atoms in total. The number of rotatable bonds is 16. The summed E-state index contributed by atoms with van der Waals surface area (Å²) in [7, 11) is 6.04. The monoisotopic (exact) mass is 769 g/mol. The van der Waals surface area contributed by atoms with Crippen molar-refractivity contribution in [1.29, 1.82) is 0 Å². The number of amidine groups is 1. The Morgan fingerprint density at radius 1 is 1.02 bits per heavy atom. The molecule has 0 aromatic heterocycles. The summed E-state index contributed by atoms with van der Waals surface area (Å²) in [5.41, 5.74) is 0.428. The molecule has 3 aromatic rings. The SMILES string of the molecule is CCC[C@@H](NC(=O)N1CC(=NOCC)N(Cc2c(OC)cc(OC)cc2OC)C[C@@H](Cc2cc(Cl)ccc2OC)C1=O)c1ccc(C(=O)O)c([N+](=O)[O-])c1. The van der Waals surface area contributed by atoms with E-state index >= 15 is 0 Å². The molecule has 4 rings (SSSR count). The lowest BCUT2D eigenvalue weighted by Crippen LogP contribution is -2.48. The van der Waals surface area contributed by atoms with Crippen LogP contribution in [0.25, 0.3) is 0 Å². The Balaban J connectivity index is 1.82. The minimum absolute atomic E-state index is 0.0593. The molecule has 0 saturated carbocycles. The predicted molar refractivity (Wildman–Crippen MR) is 199 cm³/mol. The van der Waals surface area contributed by atoms with Gasteiger partial charge in [-0.05, 0) is 55.2 Å².